The summed E-state index contributed by atoms with van der Waals surface area (Å²) in [5.74, 6) is 0.530. The van der Waals surface area contributed by atoms with Gasteiger partial charge >= 0.3 is 0 Å². The molecular formula is C26H24FN5O6S. The third-order valence-electron chi connectivity index (χ3n) is 6.01. The number of anilines is 1. The Morgan fingerprint density at radius 3 is 2.41 bits per heavy atom. The van der Waals surface area contributed by atoms with Gasteiger partial charge in [0.25, 0.3) is 11.4 Å². The van der Waals surface area contributed by atoms with E-state index in [4.69, 9.17) is 13.6 Å². The minimum atomic E-state index is -3.62. The number of sulfonamides is 1. The molecule has 0 aliphatic rings. The van der Waals surface area contributed by atoms with E-state index < -0.39 is 21.4 Å². The van der Waals surface area contributed by atoms with Crippen molar-refractivity contribution < 1.29 is 26.4 Å². The number of ether oxygens (including phenoxy) is 1. The van der Waals surface area contributed by atoms with E-state index in [9.17, 15) is 17.6 Å². The molecule has 0 aliphatic carbocycles. The first-order valence-corrected chi connectivity index (χ1v) is 13.5. The Hall–Kier alpha value is -4.52. The van der Waals surface area contributed by atoms with Gasteiger partial charge in [-0.3, -0.25) is 9.52 Å². The van der Waals surface area contributed by atoms with Gasteiger partial charge in [-0.1, -0.05) is 0 Å². The monoisotopic (exact) mass is 553 g/mol. The maximum Gasteiger partial charge on any atom is 0.293 e. The lowest BCUT2D eigenvalue weighted by atomic mass is 10.0. The Morgan fingerprint density at radius 1 is 1.05 bits per heavy atom. The van der Waals surface area contributed by atoms with Crippen LogP contribution in [0.2, 0.25) is 0 Å². The molecule has 0 bridgehead atoms. The van der Waals surface area contributed by atoms with Gasteiger partial charge in [-0.05, 0) is 56.2 Å². The number of hydrogen-bond acceptors (Lipinski definition) is 9. The van der Waals surface area contributed by atoms with Gasteiger partial charge in [0.15, 0.2) is 5.76 Å². The second-order valence-electron chi connectivity index (χ2n) is 8.99. The van der Waals surface area contributed by atoms with Gasteiger partial charge in [0.2, 0.25) is 27.4 Å². The van der Waals surface area contributed by atoms with E-state index in [-0.39, 0.29) is 34.6 Å². The summed E-state index contributed by atoms with van der Waals surface area (Å²) >= 11 is 0. The predicted octanol–water partition coefficient (Wildman–Crippen LogP) is 4.86. The fraction of sp³-hybridized carbons (Fsp3) is 0.231. The van der Waals surface area contributed by atoms with Gasteiger partial charge in [0, 0.05) is 36.7 Å². The van der Waals surface area contributed by atoms with Gasteiger partial charge < -0.3 is 18.1 Å². The molecule has 4 aromatic heterocycles. The number of aromatic nitrogens is 4. The number of hydrogen-bond donors (Lipinski definition) is 1. The summed E-state index contributed by atoms with van der Waals surface area (Å²) in [6, 6.07) is 5.81. The van der Waals surface area contributed by atoms with Crippen molar-refractivity contribution in [3.8, 4) is 34.4 Å². The summed E-state index contributed by atoms with van der Waals surface area (Å²) in [5.41, 5.74) is 1.67. The van der Waals surface area contributed by atoms with Crippen LogP contribution in [0, 0.1) is 26.6 Å². The zero-order valence-electron chi connectivity index (χ0n) is 21.7. The largest absolute Gasteiger partial charge is 0.445 e. The lowest BCUT2D eigenvalue weighted by Gasteiger charge is -2.16. The van der Waals surface area contributed by atoms with Crippen molar-refractivity contribution in [2.75, 3.05) is 10.5 Å². The second-order valence-corrected chi connectivity index (χ2v) is 11.0. The lowest BCUT2D eigenvalue weighted by molar-refractivity contribution is 0.456. The van der Waals surface area contributed by atoms with E-state index in [1.807, 2.05) is 0 Å². The van der Waals surface area contributed by atoms with Gasteiger partial charge in [0.1, 0.15) is 11.6 Å². The standard InChI is InChI=1S/C26H24FN5O6S/c1-6-39(34,35)31-17-9-19(24(28-11-17)38-22-13(2)7-16(27)8-14(22)3)20-12-32(5)26(33)23-18(20)10-21(37-23)25-30-29-15(4)36-25/h7-12,31H,6H2,1-5H3. The van der Waals surface area contributed by atoms with Crippen LogP contribution >= 0.6 is 0 Å². The minimum Gasteiger partial charge on any atom is -0.445 e. The van der Waals surface area contributed by atoms with Crippen molar-refractivity contribution in [3.05, 3.63) is 69.8 Å². The van der Waals surface area contributed by atoms with Crippen LogP contribution in [-0.4, -0.2) is 33.9 Å². The van der Waals surface area contributed by atoms with E-state index in [2.05, 4.69) is 19.9 Å². The third kappa shape index (κ3) is 5.00. The second kappa shape index (κ2) is 9.66. The highest BCUT2D eigenvalue weighted by Crippen LogP contribution is 2.40. The van der Waals surface area contributed by atoms with E-state index in [1.165, 1.54) is 29.8 Å². The van der Waals surface area contributed by atoms with Crippen LogP contribution in [0.4, 0.5) is 10.1 Å². The zero-order valence-corrected chi connectivity index (χ0v) is 22.5. The summed E-state index contributed by atoms with van der Waals surface area (Å²) in [7, 11) is -2.07. The van der Waals surface area contributed by atoms with Crippen LogP contribution in [-0.2, 0) is 17.1 Å². The Bertz CT molecular complexity index is 1880. The smallest absolute Gasteiger partial charge is 0.293 e. The van der Waals surface area contributed by atoms with Crippen LogP contribution in [0.1, 0.15) is 23.9 Å². The van der Waals surface area contributed by atoms with Crippen LogP contribution in [0.3, 0.4) is 0 Å². The van der Waals surface area contributed by atoms with Crippen molar-refractivity contribution in [3.63, 3.8) is 0 Å². The molecule has 4 heterocycles. The number of aryl methyl sites for hydroxylation is 4. The van der Waals surface area contributed by atoms with Crippen LogP contribution in [0.25, 0.3) is 33.7 Å². The number of nitrogens with one attached hydrogen (secondary N) is 1. The number of halogens is 1. The molecule has 0 aliphatic heterocycles. The minimum absolute atomic E-state index is 0.0143. The first kappa shape index (κ1) is 26.1. The topological polar surface area (TPSA) is 142 Å². The fourth-order valence-corrected chi connectivity index (χ4v) is 4.75. The third-order valence-corrected chi connectivity index (χ3v) is 7.32. The maximum absolute atomic E-state index is 13.9. The zero-order chi connectivity index (χ0) is 28.1. The molecule has 13 heteroatoms. The molecule has 11 nitrogen and oxygen atoms in total. The average molecular weight is 554 g/mol. The molecule has 1 aromatic carbocycles. The van der Waals surface area contributed by atoms with E-state index in [0.717, 1.165) is 0 Å². The van der Waals surface area contributed by atoms with Crippen LogP contribution < -0.4 is 15.0 Å². The molecule has 0 atom stereocenters. The summed E-state index contributed by atoms with van der Waals surface area (Å²) in [6.07, 6.45) is 2.89. The maximum atomic E-state index is 13.9. The van der Waals surface area contributed by atoms with Crippen molar-refractivity contribution in [2.45, 2.75) is 27.7 Å². The van der Waals surface area contributed by atoms with Gasteiger partial charge in [-0.25, -0.2) is 17.8 Å². The fourth-order valence-electron chi connectivity index (χ4n) is 4.14. The lowest BCUT2D eigenvalue weighted by Crippen LogP contribution is -2.16. The van der Waals surface area contributed by atoms with E-state index in [1.54, 1.807) is 46.1 Å². The number of pyridine rings is 2. The number of fused-ring (bicyclic) bond motifs is 1. The molecule has 0 radical (unpaired) electrons. The highest BCUT2D eigenvalue weighted by molar-refractivity contribution is 7.92. The summed E-state index contributed by atoms with van der Waals surface area (Å²) < 4.78 is 59.8. The number of nitrogens with zero attached hydrogens (tertiary/aromatic N) is 4. The van der Waals surface area contributed by atoms with Crippen molar-refractivity contribution in [2.24, 2.45) is 7.05 Å². The Balaban J connectivity index is 1.76. The number of furan rings is 1. The van der Waals surface area contributed by atoms with Crippen LogP contribution in [0.15, 0.2) is 50.3 Å². The molecule has 0 unspecified atom stereocenters. The van der Waals surface area contributed by atoms with Gasteiger partial charge in [0.05, 0.1) is 17.6 Å². The van der Waals surface area contributed by atoms with Crippen molar-refractivity contribution in [1.29, 1.82) is 0 Å². The average Bonchev–Trinajstić information content (AvgIpc) is 3.51. The quantitative estimate of drug-likeness (QED) is 0.299. The van der Waals surface area contributed by atoms with E-state index >= 15 is 0 Å². The predicted molar refractivity (Wildman–Crippen MR) is 142 cm³/mol. The summed E-state index contributed by atoms with van der Waals surface area (Å²) in [4.78, 5) is 17.4. The van der Waals surface area contributed by atoms with Gasteiger partial charge in [-0.2, -0.15) is 0 Å². The molecular weight excluding hydrogens is 529 g/mol. The van der Waals surface area contributed by atoms with Crippen LogP contribution in [0.5, 0.6) is 11.6 Å². The molecule has 202 valence electrons. The Kier molecular flexibility index (Phi) is 6.46. The molecule has 0 spiro atoms. The molecule has 0 amide bonds. The van der Waals surface area contributed by atoms with E-state index in [0.29, 0.717) is 39.3 Å². The molecule has 5 aromatic rings. The SMILES string of the molecule is CCS(=O)(=O)Nc1cnc(Oc2c(C)cc(F)cc2C)c(-c2cn(C)c(=O)c3oc(-c4nnc(C)o4)cc23)c1. The molecule has 0 saturated carbocycles. The molecule has 0 fully saturated rings. The molecule has 39 heavy (non-hydrogen) atoms. The Labute approximate surface area is 222 Å². The first-order valence-electron chi connectivity index (χ1n) is 11.8. The van der Waals surface area contributed by atoms with Gasteiger partial charge in [-0.15, -0.1) is 10.2 Å². The van der Waals surface area contributed by atoms with Crippen molar-refractivity contribution in [1.82, 2.24) is 19.7 Å². The first-order chi connectivity index (χ1) is 18.5. The van der Waals surface area contributed by atoms with Crippen molar-refractivity contribution >= 4 is 26.7 Å². The molecule has 0 saturated heterocycles. The molecule has 5 rings (SSSR count). The Morgan fingerprint density at radius 2 is 1.77 bits per heavy atom. The summed E-state index contributed by atoms with van der Waals surface area (Å²) in [6.45, 7) is 6.54. The highest BCUT2D eigenvalue weighted by Gasteiger charge is 2.23. The normalized spacial score (nSPS) is 11.7. The number of rotatable bonds is 7. The molecule has 1 N–H and O–H groups in total. The summed E-state index contributed by atoms with van der Waals surface area (Å²) in [5, 5.41) is 8.16. The number of benzene rings is 1. The highest BCUT2D eigenvalue weighted by atomic mass is 32.2.